The van der Waals surface area contributed by atoms with E-state index in [1.807, 2.05) is 36.4 Å². The van der Waals surface area contributed by atoms with E-state index in [0.717, 1.165) is 5.56 Å². The van der Waals surface area contributed by atoms with E-state index in [1.54, 1.807) is 19.1 Å². The van der Waals surface area contributed by atoms with Gasteiger partial charge in [-0.2, -0.15) is 0 Å². The van der Waals surface area contributed by atoms with Gasteiger partial charge in [0.25, 0.3) is 5.91 Å². The smallest absolute Gasteiger partial charge is 0.267 e. The second-order valence-corrected chi connectivity index (χ2v) is 5.43. The molecule has 0 N–H and O–H groups in total. The molecule has 0 unspecified atom stereocenters. The van der Waals surface area contributed by atoms with Crippen LogP contribution in [0.2, 0.25) is 0 Å². The van der Waals surface area contributed by atoms with E-state index < -0.39 is 0 Å². The first kappa shape index (κ1) is 12.3. The van der Waals surface area contributed by atoms with Crippen molar-refractivity contribution in [3.63, 3.8) is 0 Å². The Labute approximate surface area is 110 Å². The quantitative estimate of drug-likeness (QED) is 0.604. The Morgan fingerprint density at radius 3 is 2.47 bits per heavy atom. The summed E-state index contributed by atoms with van der Waals surface area (Å²) in [7, 11) is 3.60. The van der Waals surface area contributed by atoms with Crippen LogP contribution in [0.5, 0.6) is 0 Å². The van der Waals surface area contributed by atoms with E-state index in [9.17, 15) is 4.79 Å². The van der Waals surface area contributed by atoms with Crippen molar-refractivity contribution >= 4 is 40.3 Å². The van der Waals surface area contributed by atoms with Gasteiger partial charge < -0.3 is 0 Å². The van der Waals surface area contributed by atoms with Crippen LogP contribution in [0, 0.1) is 0 Å². The van der Waals surface area contributed by atoms with Crippen molar-refractivity contribution in [3.05, 3.63) is 40.8 Å². The summed E-state index contributed by atoms with van der Waals surface area (Å²) < 4.78 is 0.571. The number of thiocarbonyl (C=S) groups is 1. The predicted octanol–water partition coefficient (Wildman–Crippen LogP) is 2.36. The summed E-state index contributed by atoms with van der Waals surface area (Å²) in [4.78, 5) is 12.7. The predicted molar refractivity (Wildman–Crippen MR) is 75.1 cm³/mol. The average molecular weight is 264 g/mol. The van der Waals surface area contributed by atoms with Crippen molar-refractivity contribution in [1.82, 2.24) is 10.0 Å². The average Bonchev–Trinajstić information content (AvgIpc) is 2.55. The molecule has 1 aliphatic heterocycles. The number of rotatable bonds is 2. The van der Waals surface area contributed by atoms with Gasteiger partial charge in [0.15, 0.2) is 4.32 Å². The maximum atomic E-state index is 12.1. The lowest BCUT2D eigenvalue weighted by Gasteiger charge is -2.21. The van der Waals surface area contributed by atoms with E-state index in [4.69, 9.17) is 12.2 Å². The third kappa shape index (κ3) is 2.57. The van der Waals surface area contributed by atoms with E-state index in [2.05, 4.69) is 0 Å². The molecule has 0 saturated carbocycles. The molecule has 1 fully saturated rings. The van der Waals surface area contributed by atoms with Crippen molar-refractivity contribution in [2.45, 2.75) is 0 Å². The molecule has 1 aliphatic rings. The van der Waals surface area contributed by atoms with Crippen LogP contribution in [0.25, 0.3) is 6.08 Å². The van der Waals surface area contributed by atoms with E-state index in [-0.39, 0.29) is 5.91 Å². The fraction of sp³-hybridized carbons (Fsp3) is 0.167. The number of amides is 1. The Morgan fingerprint density at radius 2 is 1.94 bits per heavy atom. The maximum absolute atomic E-state index is 12.1. The second-order valence-electron chi connectivity index (χ2n) is 3.75. The third-order valence-electron chi connectivity index (χ3n) is 2.27. The van der Waals surface area contributed by atoms with Crippen molar-refractivity contribution in [2.24, 2.45) is 0 Å². The minimum absolute atomic E-state index is 0.0612. The van der Waals surface area contributed by atoms with Gasteiger partial charge in [-0.05, 0) is 11.6 Å². The summed E-state index contributed by atoms with van der Waals surface area (Å²) >= 11 is 6.50. The fourth-order valence-electron chi connectivity index (χ4n) is 1.51. The summed E-state index contributed by atoms with van der Waals surface area (Å²) in [6, 6.07) is 9.75. The van der Waals surface area contributed by atoms with Gasteiger partial charge in [-0.15, -0.1) is 0 Å². The standard InChI is InChI=1S/C12H12N2OS2/c1-13(2)14-11(15)10(17-12(14)16)8-9-6-4-3-5-7-9/h3-8H,1-2H3/b10-8+. The highest BCUT2D eigenvalue weighted by atomic mass is 32.2. The molecular weight excluding hydrogens is 252 g/mol. The molecule has 1 saturated heterocycles. The normalized spacial score (nSPS) is 18.5. The number of hydrazine groups is 1. The highest BCUT2D eigenvalue weighted by Crippen LogP contribution is 2.32. The Bertz CT molecular complexity index is 483. The molecule has 3 nitrogen and oxygen atoms in total. The maximum Gasteiger partial charge on any atom is 0.280 e. The zero-order valence-electron chi connectivity index (χ0n) is 9.58. The summed E-state index contributed by atoms with van der Waals surface area (Å²) in [5, 5.41) is 3.19. The molecule has 2 rings (SSSR count). The van der Waals surface area contributed by atoms with Crippen molar-refractivity contribution in [2.75, 3.05) is 14.1 Å². The third-order valence-corrected chi connectivity index (χ3v) is 3.55. The molecule has 0 radical (unpaired) electrons. The number of carbonyl (C=O) groups is 1. The minimum atomic E-state index is -0.0612. The van der Waals surface area contributed by atoms with Gasteiger partial charge in [0, 0.05) is 14.1 Å². The molecule has 17 heavy (non-hydrogen) atoms. The van der Waals surface area contributed by atoms with Gasteiger partial charge in [0.05, 0.1) is 4.91 Å². The highest BCUT2D eigenvalue weighted by Gasteiger charge is 2.33. The Kier molecular flexibility index (Phi) is 3.61. The molecule has 88 valence electrons. The summed E-state index contributed by atoms with van der Waals surface area (Å²) in [5.74, 6) is -0.0612. The first-order chi connectivity index (χ1) is 8.09. The van der Waals surface area contributed by atoms with Crippen molar-refractivity contribution < 1.29 is 4.79 Å². The first-order valence-corrected chi connectivity index (χ1v) is 6.32. The second kappa shape index (κ2) is 5.00. The fourth-order valence-corrected chi connectivity index (χ4v) is 2.91. The molecule has 1 heterocycles. The molecule has 1 aromatic rings. The molecule has 0 spiro atoms. The summed E-state index contributed by atoms with van der Waals surface area (Å²) in [6.45, 7) is 0. The summed E-state index contributed by atoms with van der Waals surface area (Å²) in [6.07, 6.45) is 1.86. The monoisotopic (exact) mass is 264 g/mol. The van der Waals surface area contributed by atoms with Gasteiger partial charge in [0.1, 0.15) is 0 Å². The highest BCUT2D eigenvalue weighted by molar-refractivity contribution is 8.26. The van der Waals surface area contributed by atoms with E-state index >= 15 is 0 Å². The van der Waals surface area contributed by atoms with Crippen LogP contribution in [0.3, 0.4) is 0 Å². The number of thioether (sulfide) groups is 1. The Balaban J connectivity index is 2.28. The lowest BCUT2D eigenvalue weighted by molar-refractivity contribution is -0.130. The van der Waals surface area contributed by atoms with Gasteiger partial charge in [-0.1, -0.05) is 54.3 Å². The minimum Gasteiger partial charge on any atom is -0.267 e. The van der Waals surface area contributed by atoms with Crippen LogP contribution in [-0.4, -0.2) is 34.3 Å². The van der Waals surface area contributed by atoms with Crippen LogP contribution in [0.1, 0.15) is 5.56 Å². The SMILES string of the molecule is CN(C)N1C(=O)/C(=C\c2ccccc2)SC1=S. The molecule has 1 aromatic carbocycles. The lowest BCUT2D eigenvalue weighted by atomic mass is 10.2. The number of nitrogens with zero attached hydrogens (tertiary/aromatic N) is 2. The molecular formula is C12H12N2OS2. The number of carbonyl (C=O) groups excluding carboxylic acids is 1. The van der Waals surface area contributed by atoms with Gasteiger partial charge >= 0.3 is 0 Å². The van der Waals surface area contributed by atoms with E-state index in [1.165, 1.54) is 16.8 Å². The number of benzene rings is 1. The lowest BCUT2D eigenvalue weighted by Crippen LogP contribution is -2.39. The molecule has 1 amide bonds. The van der Waals surface area contributed by atoms with Crippen molar-refractivity contribution in [1.29, 1.82) is 0 Å². The zero-order chi connectivity index (χ0) is 12.4. The first-order valence-electron chi connectivity index (χ1n) is 5.10. The molecule has 0 atom stereocenters. The molecule has 0 aliphatic carbocycles. The molecule has 0 aromatic heterocycles. The molecule has 0 bridgehead atoms. The Morgan fingerprint density at radius 1 is 1.29 bits per heavy atom. The van der Waals surface area contributed by atoms with Crippen molar-refractivity contribution in [3.8, 4) is 0 Å². The van der Waals surface area contributed by atoms with Gasteiger partial charge in [-0.25, -0.2) is 10.0 Å². The van der Waals surface area contributed by atoms with Crippen LogP contribution < -0.4 is 0 Å². The number of hydrogen-bond acceptors (Lipinski definition) is 4. The van der Waals surface area contributed by atoms with Crippen LogP contribution >= 0.6 is 24.0 Å². The molecule has 5 heteroatoms. The van der Waals surface area contributed by atoms with Crippen LogP contribution in [0.4, 0.5) is 0 Å². The van der Waals surface area contributed by atoms with Crippen LogP contribution in [-0.2, 0) is 4.79 Å². The Hall–Kier alpha value is -1.17. The van der Waals surface area contributed by atoms with Gasteiger partial charge in [-0.3, -0.25) is 4.79 Å². The zero-order valence-corrected chi connectivity index (χ0v) is 11.2. The topological polar surface area (TPSA) is 23.6 Å². The van der Waals surface area contributed by atoms with E-state index in [0.29, 0.717) is 9.23 Å². The van der Waals surface area contributed by atoms with Crippen LogP contribution in [0.15, 0.2) is 35.2 Å². The summed E-state index contributed by atoms with van der Waals surface area (Å²) in [5.41, 5.74) is 1.01. The largest absolute Gasteiger partial charge is 0.280 e. The number of hydrogen-bond donors (Lipinski definition) is 0. The van der Waals surface area contributed by atoms with Gasteiger partial charge in [0.2, 0.25) is 0 Å².